The highest BCUT2D eigenvalue weighted by Crippen LogP contribution is 2.08. The van der Waals surface area contributed by atoms with Gasteiger partial charge in [0.2, 0.25) is 5.91 Å². The van der Waals surface area contributed by atoms with Crippen LogP contribution in [0.1, 0.15) is 33.6 Å². The number of hydrogen-bond donors (Lipinski definition) is 2. The molecule has 2 atom stereocenters. The molecule has 0 radical (unpaired) electrons. The fraction of sp³-hybridized carbons (Fsp3) is 0.538. The van der Waals surface area contributed by atoms with E-state index in [1.165, 1.54) is 0 Å². The minimum absolute atomic E-state index is 0.0252. The zero-order chi connectivity index (χ0) is 14.1. The van der Waals surface area contributed by atoms with E-state index in [-0.39, 0.29) is 23.4 Å². The van der Waals surface area contributed by atoms with Gasteiger partial charge in [0, 0.05) is 23.8 Å². The lowest BCUT2D eigenvalue weighted by Crippen LogP contribution is -2.31. The third-order valence-electron chi connectivity index (χ3n) is 2.14. The number of carbonyl (C=O) groups is 2. The van der Waals surface area contributed by atoms with Gasteiger partial charge in [0.15, 0.2) is 5.78 Å². The van der Waals surface area contributed by atoms with Gasteiger partial charge in [-0.15, -0.1) is 0 Å². The highest BCUT2D eigenvalue weighted by molar-refractivity contribution is 7.80. The number of ketones is 1. The number of allylic oxidation sites excluding steroid dienone is 1. The van der Waals surface area contributed by atoms with Gasteiger partial charge in [0.1, 0.15) is 0 Å². The number of rotatable bonds is 7. The van der Waals surface area contributed by atoms with Gasteiger partial charge < -0.3 is 5.32 Å². The Hall–Kier alpha value is -1.10. The second-order valence-electron chi connectivity index (χ2n) is 4.42. The molecule has 0 aliphatic heterocycles. The quantitative estimate of drug-likeness (QED) is 0.553. The van der Waals surface area contributed by atoms with Crippen molar-refractivity contribution in [3.05, 3.63) is 24.1 Å². The molecule has 0 aliphatic rings. The molecule has 0 aromatic rings. The second kappa shape index (κ2) is 8.91. The Morgan fingerprint density at radius 3 is 2.44 bits per heavy atom. The van der Waals surface area contributed by atoms with Crippen molar-refractivity contribution in [1.29, 1.82) is 0 Å². The molecule has 0 rings (SSSR count). The topological polar surface area (TPSA) is 46.2 Å². The molecule has 0 spiro atoms. The molecule has 1 N–H and O–H groups in total. The van der Waals surface area contributed by atoms with Gasteiger partial charge in [0.05, 0.1) is 6.33 Å². The molecule has 102 valence electrons. The van der Waals surface area contributed by atoms with Crippen molar-refractivity contribution < 1.29 is 14.0 Å². The molecule has 0 heterocycles. The van der Waals surface area contributed by atoms with E-state index >= 15 is 0 Å². The molecule has 0 aromatic carbocycles. The minimum atomic E-state index is -0.479. The van der Waals surface area contributed by atoms with Crippen molar-refractivity contribution >= 4 is 24.3 Å². The Balaban J connectivity index is 4.21. The molecule has 18 heavy (non-hydrogen) atoms. The molecule has 3 nitrogen and oxygen atoms in total. The zero-order valence-electron chi connectivity index (χ0n) is 10.9. The van der Waals surface area contributed by atoms with Crippen LogP contribution in [0.4, 0.5) is 4.39 Å². The fourth-order valence-corrected chi connectivity index (χ4v) is 1.75. The highest BCUT2D eigenvalue weighted by Gasteiger charge is 2.07. The first-order valence-corrected chi connectivity index (χ1v) is 6.32. The van der Waals surface area contributed by atoms with Crippen LogP contribution in [0.2, 0.25) is 0 Å². The second-order valence-corrected chi connectivity index (χ2v) is 5.30. The molecule has 0 saturated carbocycles. The first-order chi connectivity index (χ1) is 8.35. The zero-order valence-corrected chi connectivity index (χ0v) is 11.8. The van der Waals surface area contributed by atoms with E-state index in [9.17, 15) is 14.0 Å². The summed E-state index contributed by atoms with van der Waals surface area (Å²) in [5.41, 5.74) is 0.881. The number of hydrogen-bond acceptors (Lipinski definition) is 3. The summed E-state index contributed by atoms with van der Waals surface area (Å²) >= 11 is 4.15. The molecule has 5 heteroatoms. The van der Waals surface area contributed by atoms with Gasteiger partial charge in [-0.05, 0) is 26.3 Å². The number of halogens is 1. The van der Waals surface area contributed by atoms with E-state index in [4.69, 9.17) is 0 Å². The van der Waals surface area contributed by atoms with Crippen LogP contribution in [0.15, 0.2) is 24.1 Å². The summed E-state index contributed by atoms with van der Waals surface area (Å²) in [5, 5.41) is 2.63. The van der Waals surface area contributed by atoms with Gasteiger partial charge in [-0.25, -0.2) is 4.39 Å². The predicted molar refractivity (Wildman–Crippen MR) is 74.3 cm³/mol. The summed E-state index contributed by atoms with van der Waals surface area (Å²) in [4.78, 5) is 22.6. The average molecular weight is 273 g/mol. The van der Waals surface area contributed by atoms with Crippen LogP contribution in [0.5, 0.6) is 0 Å². The Bertz CT molecular complexity index is 351. The van der Waals surface area contributed by atoms with E-state index in [1.807, 2.05) is 13.8 Å². The maximum absolute atomic E-state index is 11.7. The molecule has 2 unspecified atom stereocenters. The molecule has 0 saturated heterocycles. The molecule has 0 bridgehead atoms. The fourth-order valence-electron chi connectivity index (χ4n) is 1.57. The number of nitrogens with one attached hydrogen (secondary N) is 1. The lowest BCUT2D eigenvalue weighted by Gasteiger charge is -2.12. The van der Waals surface area contributed by atoms with Crippen molar-refractivity contribution in [1.82, 2.24) is 5.32 Å². The van der Waals surface area contributed by atoms with Gasteiger partial charge in [-0.2, -0.15) is 12.6 Å². The summed E-state index contributed by atoms with van der Waals surface area (Å²) in [6.45, 7) is 5.48. The van der Waals surface area contributed by atoms with Crippen molar-refractivity contribution in [2.75, 3.05) is 0 Å². The Labute approximate surface area is 113 Å². The van der Waals surface area contributed by atoms with E-state index in [0.29, 0.717) is 12.8 Å². The largest absolute Gasteiger partial charge is 0.350 e. The third kappa shape index (κ3) is 8.98. The SMILES string of the molecule is C/C(=C\C(=O)CC(C)S)CC(C)NC(=O)/C=C/F. The number of thiol groups is 1. The molecule has 0 fully saturated rings. The van der Waals surface area contributed by atoms with Crippen molar-refractivity contribution in [3.63, 3.8) is 0 Å². The Morgan fingerprint density at radius 2 is 1.94 bits per heavy atom. The first-order valence-electron chi connectivity index (χ1n) is 5.80. The van der Waals surface area contributed by atoms with E-state index in [2.05, 4.69) is 17.9 Å². The van der Waals surface area contributed by atoms with Crippen molar-refractivity contribution in [3.8, 4) is 0 Å². The maximum atomic E-state index is 11.7. The molecular weight excluding hydrogens is 253 g/mol. The lowest BCUT2D eigenvalue weighted by atomic mass is 10.1. The van der Waals surface area contributed by atoms with Crippen LogP contribution in [-0.2, 0) is 9.59 Å². The minimum Gasteiger partial charge on any atom is -0.350 e. The van der Waals surface area contributed by atoms with E-state index in [1.54, 1.807) is 13.0 Å². The van der Waals surface area contributed by atoms with Crippen LogP contribution < -0.4 is 5.32 Å². The van der Waals surface area contributed by atoms with Gasteiger partial charge in [-0.1, -0.05) is 12.5 Å². The maximum Gasteiger partial charge on any atom is 0.246 e. The summed E-state index contributed by atoms with van der Waals surface area (Å²) in [5.74, 6) is -0.453. The monoisotopic (exact) mass is 273 g/mol. The molecule has 1 amide bonds. The average Bonchev–Trinajstić information content (AvgIpc) is 2.14. The summed E-state index contributed by atoms with van der Waals surface area (Å²) in [6.07, 6.45) is 3.54. The highest BCUT2D eigenvalue weighted by atomic mass is 32.1. The third-order valence-corrected chi connectivity index (χ3v) is 2.32. The molecule has 0 aliphatic carbocycles. The molecule has 0 aromatic heterocycles. The van der Waals surface area contributed by atoms with E-state index in [0.717, 1.165) is 11.6 Å². The van der Waals surface area contributed by atoms with Crippen LogP contribution in [0.25, 0.3) is 0 Å². The smallest absolute Gasteiger partial charge is 0.246 e. The van der Waals surface area contributed by atoms with Gasteiger partial charge in [-0.3, -0.25) is 9.59 Å². The van der Waals surface area contributed by atoms with E-state index < -0.39 is 5.91 Å². The summed E-state index contributed by atoms with van der Waals surface area (Å²) in [7, 11) is 0. The normalized spacial score (nSPS) is 15.5. The Kier molecular flexibility index (Phi) is 8.37. The van der Waals surface area contributed by atoms with Gasteiger partial charge >= 0.3 is 0 Å². The standard InChI is InChI=1S/C13H20FNO2S/c1-9(7-12(16)8-11(3)18)6-10(2)15-13(17)4-5-14/h4-5,7,10-11,18H,6,8H2,1-3H3,(H,15,17)/b5-4+,9-7+. The van der Waals surface area contributed by atoms with Crippen molar-refractivity contribution in [2.24, 2.45) is 0 Å². The van der Waals surface area contributed by atoms with Crippen LogP contribution in [-0.4, -0.2) is 23.0 Å². The first kappa shape index (κ1) is 16.9. The summed E-state index contributed by atoms with van der Waals surface area (Å²) < 4.78 is 11.7. The lowest BCUT2D eigenvalue weighted by molar-refractivity contribution is -0.117. The van der Waals surface area contributed by atoms with Crippen LogP contribution in [0.3, 0.4) is 0 Å². The van der Waals surface area contributed by atoms with Crippen LogP contribution in [0, 0.1) is 0 Å². The number of carbonyl (C=O) groups excluding carboxylic acids is 2. The van der Waals surface area contributed by atoms with Gasteiger partial charge in [0.25, 0.3) is 0 Å². The number of amides is 1. The molecular formula is C13H20FNO2S. The Morgan fingerprint density at radius 1 is 1.33 bits per heavy atom. The summed E-state index contributed by atoms with van der Waals surface area (Å²) in [6, 6.07) is -0.147. The predicted octanol–water partition coefficient (Wildman–Crippen LogP) is 2.59. The van der Waals surface area contributed by atoms with Crippen molar-refractivity contribution in [2.45, 2.75) is 44.9 Å². The van der Waals surface area contributed by atoms with Crippen LogP contribution >= 0.6 is 12.6 Å².